The van der Waals surface area contributed by atoms with Gasteiger partial charge in [0.1, 0.15) is 0 Å². The number of carbonyl (C=O) groups is 2. The average molecular weight is 328 g/mol. The van der Waals surface area contributed by atoms with Crippen molar-refractivity contribution in [2.45, 2.75) is 25.9 Å². The quantitative estimate of drug-likeness (QED) is 0.781. The molecule has 2 aliphatic carbocycles. The van der Waals surface area contributed by atoms with Gasteiger partial charge >= 0.3 is 0 Å². The number of allylic oxidation sites excluding steroid dienone is 3. The Balaban J connectivity index is 1.72. The van der Waals surface area contributed by atoms with Gasteiger partial charge in [-0.15, -0.1) is 0 Å². The van der Waals surface area contributed by atoms with Crippen molar-refractivity contribution >= 4 is 11.6 Å². The van der Waals surface area contributed by atoms with Crippen molar-refractivity contribution in [3.05, 3.63) is 47.6 Å². The van der Waals surface area contributed by atoms with Crippen LogP contribution in [0.3, 0.4) is 0 Å². The number of hydrogen-bond acceptors (Lipinski definition) is 5. The molecule has 1 aromatic heterocycles. The lowest BCUT2D eigenvalue weighted by molar-refractivity contribution is -0.143. The van der Waals surface area contributed by atoms with Crippen molar-refractivity contribution in [1.82, 2.24) is 0 Å². The second kappa shape index (κ2) is 5.45. The van der Waals surface area contributed by atoms with Crippen molar-refractivity contribution in [2.75, 3.05) is 13.7 Å². The van der Waals surface area contributed by atoms with Gasteiger partial charge in [-0.2, -0.15) is 0 Å². The summed E-state index contributed by atoms with van der Waals surface area (Å²) in [6.45, 7) is 2.39. The standard InChI is InChI=1S/C19H20O5/c1-19-5-3-11-10-24-14(12-4-6-23-9-12)7-13(11)17(19)18(21)15(22-2)8-16(19)20/h3-4,6,8-9,13-14,17H,5,7,10H2,1-2H3/t13-,14-,17+,19-/m0/s1. The third kappa shape index (κ3) is 2.11. The monoisotopic (exact) mass is 328 g/mol. The zero-order valence-corrected chi connectivity index (χ0v) is 13.8. The van der Waals surface area contributed by atoms with Crippen LogP contribution in [-0.4, -0.2) is 25.3 Å². The number of ketones is 2. The van der Waals surface area contributed by atoms with Gasteiger partial charge in [-0.05, 0) is 30.4 Å². The van der Waals surface area contributed by atoms with E-state index in [9.17, 15) is 9.59 Å². The zero-order chi connectivity index (χ0) is 16.9. The van der Waals surface area contributed by atoms with Crippen LogP contribution < -0.4 is 0 Å². The molecule has 5 nitrogen and oxygen atoms in total. The lowest BCUT2D eigenvalue weighted by atomic mass is 9.56. The smallest absolute Gasteiger partial charge is 0.202 e. The maximum Gasteiger partial charge on any atom is 0.202 e. The highest BCUT2D eigenvalue weighted by Crippen LogP contribution is 2.53. The molecule has 1 saturated heterocycles. The Morgan fingerprint density at radius 3 is 2.88 bits per heavy atom. The second-order valence-corrected chi connectivity index (χ2v) is 7.02. The predicted molar refractivity (Wildman–Crippen MR) is 84.9 cm³/mol. The summed E-state index contributed by atoms with van der Waals surface area (Å²) in [5.41, 5.74) is 1.40. The normalized spacial score (nSPS) is 35.7. The van der Waals surface area contributed by atoms with E-state index < -0.39 is 5.41 Å². The zero-order valence-electron chi connectivity index (χ0n) is 13.8. The maximum absolute atomic E-state index is 13.0. The summed E-state index contributed by atoms with van der Waals surface area (Å²) in [5, 5.41) is 0. The number of hydrogen-bond donors (Lipinski definition) is 0. The highest BCUT2D eigenvalue weighted by molar-refractivity contribution is 6.11. The molecular weight excluding hydrogens is 308 g/mol. The number of carbonyl (C=O) groups excluding carboxylic acids is 2. The molecular formula is C19H20O5. The van der Waals surface area contributed by atoms with Gasteiger partial charge in [0.2, 0.25) is 5.78 Å². The van der Waals surface area contributed by atoms with E-state index in [4.69, 9.17) is 13.9 Å². The summed E-state index contributed by atoms with van der Waals surface area (Å²) >= 11 is 0. The number of rotatable bonds is 2. The average Bonchev–Trinajstić information content (AvgIpc) is 3.12. The van der Waals surface area contributed by atoms with E-state index in [1.807, 2.05) is 13.0 Å². The Morgan fingerprint density at radius 1 is 1.33 bits per heavy atom. The first-order valence-electron chi connectivity index (χ1n) is 8.21. The van der Waals surface area contributed by atoms with Gasteiger partial charge in [-0.1, -0.05) is 13.0 Å². The van der Waals surface area contributed by atoms with Gasteiger partial charge in [0.25, 0.3) is 0 Å². The lowest BCUT2D eigenvalue weighted by Gasteiger charge is -2.48. The molecule has 1 aliphatic heterocycles. The minimum atomic E-state index is -0.689. The van der Waals surface area contributed by atoms with E-state index in [0.29, 0.717) is 19.4 Å². The fourth-order valence-electron chi connectivity index (χ4n) is 4.31. The summed E-state index contributed by atoms with van der Waals surface area (Å²) in [7, 11) is 1.44. The molecule has 0 bridgehead atoms. The van der Waals surface area contributed by atoms with Crippen LogP contribution in [0.4, 0.5) is 0 Å². The Morgan fingerprint density at radius 2 is 2.17 bits per heavy atom. The van der Waals surface area contributed by atoms with E-state index in [2.05, 4.69) is 6.08 Å². The first-order valence-corrected chi connectivity index (χ1v) is 8.21. The number of furan rings is 1. The summed E-state index contributed by atoms with van der Waals surface area (Å²) in [6.07, 6.45) is 7.87. The first-order chi connectivity index (χ1) is 11.5. The molecule has 0 spiro atoms. The van der Waals surface area contributed by atoms with Gasteiger partial charge in [0.05, 0.1) is 32.3 Å². The second-order valence-electron chi connectivity index (χ2n) is 7.02. The fourth-order valence-corrected chi connectivity index (χ4v) is 4.31. The van der Waals surface area contributed by atoms with Crippen molar-refractivity contribution in [1.29, 1.82) is 0 Å². The third-order valence-electron chi connectivity index (χ3n) is 5.76. The molecule has 0 unspecified atom stereocenters. The number of fused-ring (bicyclic) bond motifs is 3. The number of ether oxygens (including phenoxy) is 2. The minimum absolute atomic E-state index is 0.00676. The number of Topliss-reactive ketones (excluding diaryl/α,β-unsaturated/α-hetero) is 1. The maximum atomic E-state index is 13.0. The van der Waals surface area contributed by atoms with E-state index in [0.717, 1.165) is 11.1 Å². The summed E-state index contributed by atoms with van der Waals surface area (Å²) in [4.78, 5) is 25.6. The van der Waals surface area contributed by atoms with Crippen molar-refractivity contribution in [3.63, 3.8) is 0 Å². The summed E-state index contributed by atoms with van der Waals surface area (Å²) in [5.74, 6) is -0.306. The van der Waals surface area contributed by atoms with Gasteiger partial charge in [-0.25, -0.2) is 0 Å². The van der Waals surface area contributed by atoms with E-state index >= 15 is 0 Å². The SMILES string of the molecule is COC1=CC(=O)[C@]2(C)CC=C3CO[C@H](c4ccoc4)C[C@@H]3[C@@H]2C1=O. The van der Waals surface area contributed by atoms with Crippen LogP contribution in [0.5, 0.6) is 0 Å². The van der Waals surface area contributed by atoms with Crippen molar-refractivity contribution in [3.8, 4) is 0 Å². The topological polar surface area (TPSA) is 65.7 Å². The number of methoxy groups -OCH3 is 1. The molecule has 5 heteroatoms. The first kappa shape index (κ1) is 15.4. The molecule has 0 N–H and O–H groups in total. The molecule has 1 aromatic rings. The van der Waals surface area contributed by atoms with Gasteiger partial charge in [0.15, 0.2) is 11.5 Å². The van der Waals surface area contributed by atoms with Crippen LogP contribution in [0.15, 0.2) is 46.5 Å². The molecule has 0 saturated carbocycles. The van der Waals surface area contributed by atoms with E-state index in [1.54, 1.807) is 12.5 Å². The molecule has 2 heterocycles. The minimum Gasteiger partial charge on any atom is -0.493 e. The van der Waals surface area contributed by atoms with Crippen LogP contribution in [0, 0.1) is 17.3 Å². The molecule has 4 atom stereocenters. The van der Waals surface area contributed by atoms with Gasteiger partial charge in [-0.3, -0.25) is 9.59 Å². The fraction of sp³-hybridized carbons (Fsp3) is 0.474. The molecule has 0 radical (unpaired) electrons. The van der Waals surface area contributed by atoms with Gasteiger partial charge in [0, 0.05) is 23.0 Å². The molecule has 126 valence electrons. The van der Waals surface area contributed by atoms with Crippen molar-refractivity contribution in [2.24, 2.45) is 17.3 Å². The van der Waals surface area contributed by atoms with E-state index in [1.165, 1.54) is 13.2 Å². The Bertz CT molecular complexity index is 742. The highest BCUT2D eigenvalue weighted by atomic mass is 16.5. The van der Waals surface area contributed by atoms with Crippen LogP contribution in [0.1, 0.15) is 31.4 Å². The molecule has 24 heavy (non-hydrogen) atoms. The Labute approximate surface area is 140 Å². The molecule has 0 amide bonds. The Kier molecular flexibility index (Phi) is 3.49. The van der Waals surface area contributed by atoms with Gasteiger partial charge < -0.3 is 13.9 Å². The molecule has 4 rings (SSSR count). The largest absolute Gasteiger partial charge is 0.493 e. The summed E-state index contributed by atoms with van der Waals surface area (Å²) < 4.78 is 16.3. The summed E-state index contributed by atoms with van der Waals surface area (Å²) in [6, 6.07) is 1.88. The predicted octanol–water partition coefficient (Wildman–Crippen LogP) is 2.99. The van der Waals surface area contributed by atoms with Crippen LogP contribution in [0.25, 0.3) is 0 Å². The molecule has 1 fully saturated rings. The highest BCUT2D eigenvalue weighted by Gasteiger charge is 2.55. The van der Waals surface area contributed by atoms with E-state index in [-0.39, 0.29) is 35.3 Å². The molecule has 0 aromatic carbocycles. The Hall–Kier alpha value is -2.14. The van der Waals surface area contributed by atoms with Crippen molar-refractivity contribution < 1.29 is 23.5 Å². The van der Waals surface area contributed by atoms with Crippen LogP contribution in [-0.2, 0) is 19.1 Å². The van der Waals surface area contributed by atoms with Crippen LogP contribution in [0.2, 0.25) is 0 Å². The van der Waals surface area contributed by atoms with Crippen LogP contribution >= 0.6 is 0 Å². The third-order valence-corrected chi connectivity index (χ3v) is 5.76. The lowest BCUT2D eigenvalue weighted by Crippen LogP contribution is -2.51. The molecule has 3 aliphatic rings.